The number of hydrogen-bond donors (Lipinski definition) is 1. The van der Waals surface area contributed by atoms with Crippen LogP contribution in [0.4, 0.5) is 0 Å². The van der Waals surface area contributed by atoms with Crippen molar-refractivity contribution in [3.05, 3.63) is 44.3 Å². The molecule has 2 rings (SSSR count). The second-order valence-electron chi connectivity index (χ2n) is 4.08. The smallest absolute Gasteiger partial charge is 0.131 e. The Hall–Kier alpha value is -0.780. The van der Waals surface area contributed by atoms with Crippen LogP contribution in [0.15, 0.2) is 28.7 Å². The highest BCUT2D eigenvalue weighted by Gasteiger charge is 2.12. The van der Waals surface area contributed by atoms with Gasteiger partial charge in [0.05, 0.1) is 6.54 Å². The Morgan fingerprint density at radius 3 is 2.72 bits per heavy atom. The maximum absolute atomic E-state index is 4.13. The van der Waals surface area contributed by atoms with E-state index in [9.17, 15) is 0 Å². The van der Waals surface area contributed by atoms with E-state index in [0.29, 0.717) is 6.04 Å². The fraction of sp³-hybridized carbons (Fsp3) is 0.385. The number of nitrogens with zero attached hydrogens (tertiary/aromatic N) is 2. The molecule has 0 radical (unpaired) electrons. The number of rotatable bonds is 5. The van der Waals surface area contributed by atoms with Crippen LogP contribution >= 0.6 is 27.3 Å². The van der Waals surface area contributed by atoms with Gasteiger partial charge in [-0.05, 0) is 25.0 Å². The van der Waals surface area contributed by atoms with Crippen LogP contribution in [0, 0.1) is 6.92 Å². The Morgan fingerprint density at radius 2 is 2.11 bits per heavy atom. The highest BCUT2D eigenvalue weighted by Crippen LogP contribution is 2.25. The van der Waals surface area contributed by atoms with Crippen molar-refractivity contribution < 1.29 is 0 Å². The molecule has 0 fully saturated rings. The lowest BCUT2D eigenvalue weighted by molar-refractivity contribution is 0.515. The summed E-state index contributed by atoms with van der Waals surface area (Å²) in [7, 11) is 0. The third-order valence-corrected chi connectivity index (χ3v) is 4.32. The quantitative estimate of drug-likeness (QED) is 0.907. The molecule has 0 saturated carbocycles. The fourth-order valence-corrected chi connectivity index (χ4v) is 3.07. The number of aryl methyl sites for hydroxylation is 1. The number of halogens is 1. The van der Waals surface area contributed by atoms with Gasteiger partial charge in [0.25, 0.3) is 0 Å². The molecule has 18 heavy (non-hydrogen) atoms. The number of hydrogen-bond acceptors (Lipinski definition) is 4. The highest BCUT2D eigenvalue weighted by atomic mass is 79.9. The van der Waals surface area contributed by atoms with Gasteiger partial charge in [-0.2, -0.15) is 0 Å². The number of aromatic nitrogens is 2. The van der Waals surface area contributed by atoms with Gasteiger partial charge in [-0.25, -0.2) is 0 Å². The van der Waals surface area contributed by atoms with Crippen molar-refractivity contribution in [2.24, 2.45) is 0 Å². The molecule has 0 aliphatic rings. The summed E-state index contributed by atoms with van der Waals surface area (Å²) in [5.41, 5.74) is 1.29. The Kier molecular flexibility index (Phi) is 4.86. The summed E-state index contributed by atoms with van der Waals surface area (Å²) in [6, 6.07) is 8.67. The van der Waals surface area contributed by atoms with Gasteiger partial charge in [-0.3, -0.25) is 0 Å². The summed E-state index contributed by atoms with van der Waals surface area (Å²) in [6.45, 7) is 4.93. The van der Waals surface area contributed by atoms with Crippen LogP contribution in [0.25, 0.3) is 0 Å². The standard InChI is InChI=1S/C13H16BrN3S/c1-3-12(10-6-4-5-7-11(10)14)15-8-13-17-16-9(2)18-13/h4-7,12,15H,3,8H2,1-2H3/t12-/m1/s1. The van der Waals surface area contributed by atoms with Gasteiger partial charge >= 0.3 is 0 Å². The molecule has 0 amide bonds. The molecule has 1 N–H and O–H groups in total. The van der Waals surface area contributed by atoms with E-state index >= 15 is 0 Å². The van der Waals surface area contributed by atoms with Gasteiger partial charge in [0, 0.05) is 10.5 Å². The van der Waals surface area contributed by atoms with Crippen LogP contribution in [-0.2, 0) is 6.54 Å². The fourth-order valence-electron chi connectivity index (χ4n) is 1.85. The Labute approximate surface area is 120 Å². The molecule has 0 saturated heterocycles. The first-order chi connectivity index (χ1) is 8.70. The molecule has 0 spiro atoms. The van der Waals surface area contributed by atoms with Gasteiger partial charge in [0.15, 0.2) is 0 Å². The minimum absolute atomic E-state index is 0.338. The average molecular weight is 326 g/mol. The first-order valence-electron chi connectivity index (χ1n) is 5.97. The van der Waals surface area contributed by atoms with E-state index < -0.39 is 0 Å². The molecule has 2 aromatic rings. The van der Waals surface area contributed by atoms with E-state index in [-0.39, 0.29) is 0 Å². The predicted octanol–water partition coefficient (Wildman–Crippen LogP) is 3.85. The molecule has 3 nitrogen and oxygen atoms in total. The molecule has 1 atom stereocenters. The Morgan fingerprint density at radius 1 is 1.33 bits per heavy atom. The topological polar surface area (TPSA) is 37.8 Å². The average Bonchev–Trinajstić information content (AvgIpc) is 2.78. The maximum atomic E-state index is 4.13. The van der Waals surface area contributed by atoms with Crippen molar-refractivity contribution >= 4 is 27.3 Å². The number of benzene rings is 1. The summed E-state index contributed by atoms with van der Waals surface area (Å²) < 4.78 is 1.15. The first-order valence-corrected chi connectivity index (χ1v) is 7.58. The maximum Gasteiger partial charge on any atom is 0.131 e. The van der Waals surface area contributed by atoms with Crippen molar-refractivity contribution in [2.45, 2.75) is 32.9 Å². The van der Waals surface area contributed by atoms with Gasteiger partial charge < -0.3 is 5.32 Å². The van der Waals surface area contributed by atoms with Crippen molar-refractivity contribution in [1.29, 1.82) is 0 Å². The number of nitrogens with one attached hydrogen (secondary N) is 1. The summed E-state index contributed by atoms with van der Waals surface area (Å²) in [4.78, 5) is 0. The van der Waals surface area contributed by atoms with Gasteiger partial charge in [0.1, 0.15) is 10.0 Å². The van der Waals surface area contributed by atoms with E-state index in [2.05, 4.69) is 56.6 Å². The van der Waals surface area contributed by atoms with Crippen molar-refractivity contribution in [3.8, 4) is 0 Å². The zero-order chi connectivity index (χ0) is 13.0. The first kappa shape index (κ1) is 13.6. The monoisotopic (exact) mass is 325 g/mol. The van der Waals surface area contributed by atoms with Gasteiger partial charge in [-0.1, -0.05) is 41.1 Å². The van der Waals surface area contributed by atoms with Crippen LogP contribution < -0.4 is 5.32 Å². The summed E-state index contributed by atoms with van der Waals surface area (Å²) in [6.07, 6.45) is 1.04. The van der Waals surface area contributed by atoms with Crippen LogP contribution in [0.3, 0.4) is 0 Å². The predicted molar refractivity (Wildman–Crippen MR) is 78.7 cm³/mol. The van der Waals surface area contributed by atoms with E-state index in [0.717, 1.165) is 27.5 Å². The van der Waals surface area contributed by atoms with Crippen molar-refractivity contribution in [1.82, 2.24) is 15.5 Å². The molecular formula is C13H16BrN3S. The zero-order valence-electron chi connectivity index (χ0n) is 10.5. The van der Waals surface area contributed by atoms with Crippen LogP contribution in [0.1, 0.15) is 35.0 Å². The van der Waals surface area contributed by atoms with Crippen LogP contribution in [0.2, 0.25) is 0 Å². The van der Waals surface area contributed by atoms with E-state index in [1.807, 2.05) is 13.0 Å². The molecule has 0 aliphatic carbocycles. The molecule has 1 aromatic carbocycles. The third kappa shape index (κ3) is 3.37. The summed E-state index contributed by atoms with van der Waals surface area (Å²) in [5.74, 6) is 0. The van der Waals surface area contributed by atoms with Crippen LogP contribution in [0.5, 0.6) is 0 Å². The van der Waals surface area contributed by atoms with Gasteiger partial charge in [-0.15, -0.1) is 21.5 Å². The van der Waals surface area contributed by atoms with Crippen molar-refractivity contribution in [3.63, 3.8) is 0 Å². The van der Waals surface area contributed by atoms with E-state index in [1.165, 1.54) is 5.56 Å². The molecular weight excluding hydrogens is 310 g/mol. The highest BCUT2D eigenvalue weighted by molar-refractivity contribution is 9.10. The lowest BCUT2D eigenvalue weighted by Crippen LogP contribution is -2.20. The molecule has 1 heterocycles. The summed E-state index contributed by atoms with van der Waals surface area (Å²) >= 11 is 5.25. The zero-order valence-corrected chi connectivity index (χ0v) is 12.9. The van der Waals surface area contributed by atoms with E-state index in [4.69, 9.17) is 0 Å². The molecule has 0 aliphatic heterocycles. The normalized spacial score (nSPS) is 12.6. The van der Waals surface area contributed by atoms with E-state index in [1.54, 1.807) is 11.3 Å². The molecule has 0 unspecified atom stereocenters. The third-order valence-electron chi connectivity index (χ3n) is 2.76. The molecule has 0 bridgehead atoms. The van der Waals surface area contributed by atoms with Crippen LogP contribution in [-0.4, -0.2) is 10.2 Å². The molecule has 5 heteroatoms. The second-order valence-corrected chi connectivity index (χ2v) is 6.20. The minimum atomic E-state index is 0.338. The SMILES string of the molecule is CC[C@@H](NCc1nnc(C)s1)c1ccccc1Br. The minimum Gasteiger partial charge on any atom is -0.303 e. The second kappa shape index (κ2) is 6.41. The largest absolute Gasteiger partial charge is 0.303 e. The lowest BCUT2D eigenvalue weighted by Gasteiger charge is -2.17. The Bertz CT molecular complexity index is 512. The van der Waals surface area contributed by atoms with Crippen molar-refractivity contribution in [2.75, 3.05) is 0 Å². The summed E-state index contributed by atoms with van der Waals surface area (Å²) in [5, 5.41) is 13.8. The Balaban J connectivity index is 2.04. The lowest BCUT2D eigenvalue weighted by atomic mass is 10.0. The molecule has 1 aromatic heterocycles. The molecule has 96 valence electrons. The van der Waals surface area contributed by atoms with Gasteiger partial charge in [0.2, 0.25) is 0 Å².